The monoisotopic (exact) mass is 401 g/mol. The summed E-state index contributed by atoms with van der Waals surface area (Å²) >= 11 is 0. The molecule has 2 N–H and O–H groups in total. The lowest BCUT2D eigenvalue weighted by atomic mass is 10.0. The number of aryl methyl sites for hydroxylation is 1. The highest BCUT2D eigenvalue weighted by molar-refractivity contribution is 5.78. The second kappa shape index (κ2) is 9.05. The van der Waals surface area contributed by atoms with Crippen LogP contribution in [0, 0.1) is 11.6 Å². The number of hydrogen-bond donors (Lipinski definition) is 2. The molecule has 1 aromatic heterocycles. The fourth-order valence-corrected chi connectivity index (χ4v) is 2.77. The number of nitrogens with zero attached hydrogens (tertiary/aromatic N) is 2. The molecule has 0 aliphatic heterocycles. The van der Waals surface area contributed by atoms with Gasteiger partial charge >= 0.3 is 5.97 Å². The summed E-state index contributed by atoms with van der Waals surface area (Å²) in [7, 11) is 0. The van der Waals surface area contributed by atoms with Gasteiger partial charge in [-0.15, -0.1) is 0 Å². The Morgan fingerprint density at radius 2 is 1.76 bits per heavy atom. The Morgan fingerprint density at radius 1 is 1.07 bits per heavy atom. The predicted molar refractivity (Wildman–Crippen MR) is 97.5 cm³/mol. The summed E-state index contributed by atoms with van der Waals surface area (Å²) < 4.78 is 32.8. The third kappa shape index (κ3) is 5.22. The topological polar surface area (TPSA) is 105 Å². The third-order valence-electron chi connectivity index (χ3n) is 4.14. The van der Waals surface area contributed by atoms with Gasteiger partial charge in [0.15, 0.2) is 0 Å². The molecule has 1 heterocycles. The lowest BCUT2D eigenvalue weighted by molar-refractivity contribution is -0.137. The van der Waals surface area contributed by atoms with Gasteiger partial charge in [-0.25, -0.2) is 8.78 Å². The van der Waals surface area contributed by atoms with Crippen molar-refractivity contribution < 1.29 is 28.0 Å². The second-order valence-electron chi connectivity index (χ2n) is 6.23. The van der Waals surface area contributed by atoms with Gasteiger partial charge in [-0.05, 0) is 18.2 Å². The summed E-state index contributed by atoms with van der Waals surface area (Å²) in [6.07, 6.45) is -0.501. The number of carbonyl (C=O) groups excluding carboxylic acids is 1. The number of hydrogen-bond acceptors (Lipinski definition) is 5. The summed E-state index contributed by atoms with van der Waals surface area (Å²) in [4.78, 5) is 27.4. The van der Waals surface area contributed by atoms with E-state index in [4.69, 9.17) is 9.63 Å². The van der Waals surface area contributed by atoms with Crippen molar-refractivity contribution in [1.82, 2.24) is 15.5 Å². The van der Waals surface area contributed by atoms with Crippen molar-refractivity contribution in [2.45, 2.75) is 25.3 Å². The molecule has 0 fully saturated rings. The first-order valence-corrected chi connectivity index (χ1v) is 8.77. The van der Waals surface area contributed by atoms with E-state index >= 15 is 0 Å². The molecule has 9 heteroatoms. The highest BCUT2D eigenvalue weighted by Gasteiger charge is 2.21. The van der Waals surface area contributed by atoms with Crippen LogP contribution in [0.5, 0.6) is 0 Å². The lowest BCUT2D eigenvalue weighted by Gasteiger charge is -2.17. The van der Waals surface area contributed by atoms with Crippen LogP contribution in [-0.4, -0.2) is 27.1 Å². The fourth-order valence-electron chi connectivity index (χ4n) is 2.77. The van der Waals surface area contributed by atoms with Crippen LogP contribution >= 0.6 is 0 Å². The quantitative estimate of drug-likeness (QED) is 0.600. The minimum Gasteiger partial charge on any atom is -0.481 e. The first kappa shape index (κ1) is 20.1. The Kier molecular flexibility index (Phi) is 6.28. The van der Waals surface area contributed by atoms with Gasteiger partial charge in [-0.2, -0.15) is 4.98 Å². The van der Waals surface area contributed by atoms with Crippen LogP contribution in [0.2, 0.25) is 0 Å². The molecule has 1 atom stereocenters. The largest absolute Gasteiger partial charge is 0.481 e. The zero-order chi connectivity index (χ0) is 20.8. The van der Waals surface area contributed by atoms with Crippen LogP contribution in [0.3, 0.4) is 0 Å². The van der Waals surface area contributed by atoms with E-state index in [2.05, 4.69) is 15.5 Å². The van der Waals surface area contributed by atoms with Gasteiger partial charge in [0.2, 0.25) is 17.6 Å². The smallest absolute Gasteiger partial charge is 0.305 e. The van der Waals surface area contributed by atoms with Gasteiger partial charge in [0.1, 0.15) is 11.6 Å². The zero-order valence-electron chi connectivity index (χ0n) is 15.1. The van der Waals surface area contributed by atoms with Gasteiger partial charge in [0.25, 0.3) is 0 Å². The van der Waals surface area contributed by atoms with Crippen molar-refractivity contribution in [3.05, 3.63) is 71.6 Å². The number of benzene rings is 2. The Labute approximate surface area is 164 Å². The van der Waals surface area contributed by atoms with Crippen LogP contribution in [0.1, 0.15) is 30.3 Å². The SMILES string of the molecule is O=C(O)C[C@H](NC(=O)CCc1nc(-c2ccccc2F)no1)c1ccccc1F. The van der Waals surface area contributed by atoms with Crippen LogP contribution in [0.25, 0.3) is 11.4 Å². The van der Waals surface area contributed by atoms with Crippen molar-refractivity contribution in [3.63, 3.8) is 0 Å². The molecule has 0 bridgehead atoms. The second-order valence-corrected chi connectivity index (χ2v) is 6.23. The molecule has 2 aromatic carbocycles. The van der Waals surface area contributed by atoms with E-state index in [1.165, 1.54) is 36.4 Å². The average molecular weight is 401 g/mol. The van der Waals surface area contributed by atoms with E-state index in [9.17, 15) is 18.4 Å². The minimum atomic E-state index is -1.18. The molecule has 3 aromatic rings. The molecule has 0 saturated carbocycles. The molecule has 0 saturated heterocycles. The van der Waals surface area contributed by atoms with E-state index in [1.54, 1.807) is 12.1 Å². The van der Waals surface area contributed by atoms with Gasteiger partial charge in [-0.1, -0.05) is 35.5 Å². The number of nitrogens with one attached hydrogen (secondary N) is 1. The Hall–Kier alpha value is -3.62. The maximum Gasteiger partial charge on any atom is 0.305 e. The van der Waals surface area contributed by atoms with E-state index in [1.807, 2.05) is 0 Å². The van der Waals surface area contributed by atoms with Crippen LogP contribution < -0.4 is 5.32 Å². The number of rotatable bonds is 8. The average Bonchev–Trinajstić information content (AvgIpc) is 3.15. The molecule has 150 valence electrons. The number of halogens is 2. The summed E-state index contributed by atoms with van der Waals surface area (Å²) in [5, 5.41) is 15.3. The van der Waals surface area contributed by atoms with E-state index < -0.39 is 36.0 Å². The van der Waals surface area contributed by atoms with Crippen molar-refractivity contribution in [3.8, 4) is 11.4 Å². The molecule has 1 amide bonds. The van der Waals surface area contributed by atoms with Crippen molar-refractivity contribution in [2.24, 2.45) is 0 Å². The number of carboxylic acid groups (broad SMARTS) is 1. The summed E-state index contributed by atoms with van der Waals surface area (Å²) in [6.45, 7) is 0. The number of aliphatic carboxylic acids is 1. The maximum atomic E-state index is 14.0. The zero-order valence-corrected chi connectivity index (χ0v) is 15.1. The first-order chi connectivity index (χ1) is 13.9. The minimum absolute atomic E-state index is 0.0599. The molecule has 3 rings (SSSR count). The standard InChI is InChI=1S/C20H17F2N3O4/c21-14-7-3-1-5-12(14)16(11-19(27)28)23-17(26)9-10-18-24-20(25-29-18)13-6-2-4-8-15(13)22/h1-8,16H,9-11H2,(H,23,26)(H,27,28)/t16-/m0/s1. The molecule has 0 unspecified atom stereocenters. The number of carbonyl (C=O) groups is 2. The maximum absolute atomic E-state index is 14.0. The normalized spacial score (nSPS) is 11.8. The van der Waals surface area contributed by atoms with Crippen LogP contribution in [0.4, 0.5) is 8.78 Å². The van der Waals surface area contributed by atoms with E-state index in [-0.39, 0.29) is 35.7 Å². The molecule has 7 nitrogen and oxygen atoms in total. The van der Waals surface area contributed by atoms with Crippen molar-refractivity contribution in [1.29, 1.82) is 0 Å². The molecule has 0 aliphatic carbocycles. The third-order valence-corrected chi connectivity index (χ3v) is 4.14. The first-order valence-electron chi connectivity index (χ1n) is 8.77. The molecule has 0 spiro atoms. The predicted octanol–water partition coefficient (Wildman–Crippen LogP) is 3.28. The number of aromatic nitrogens is 2. The molecule has 29 heavy (non-hydrogen) atoms. The molecule has 0 aliphatic rings. The molecular weight excluding hydrogens is 384 g/mol. The fraction of sp³-hybridized carbons (Fsp3) is 0.200. The Bertz CT molecular complexity index is 1020. The summed E-state index contributed by atoms with van der Waals surface area (Å²) in [5.41, 5.74) is 0.260. The number of amides is 1. The summed E-state index contributed by atoms with van der Waals surface area (Å²) in [6, 6.07) is 10.6. The van der Waals surface area contributed by atoms with E-state index in [0.717, 1.165) is 0 Å². The molecular formula is C20H17F2N3O4. The van der Waals surface area contributed by atoms with Gasteiger partial charge in [0, 0.05) is 18.4 Å². The number of carboxylic acids is 1. The van der Waals surface area contributed by atoms with Crippen molar-refractivity contribution >= 4 is 11.9 Å². The lowest BCUT2D eigenvalue weighted by Crippen LogP contribution is -2.31. The Balaban J connectivity index is 1.63. The highest BCUT2D eigenvalue weighted by atomic mass is 19.1. The van der Waals surface area contributed by atoms with Crippen LogP contribution in [0.15, 0.2) is 53.1 Å². The van der Waals surface area contributed by atoms with Crippen LogP contribution in [-0.2, 0) is 16.0 Å². The molecule has 0 radical (unpaired) electrons. The van der Waals surface area contributed by atoms with E-state index in [0.29, 0.717) is 0 Å². The van der Waals surface area contributed by atoms with Gasteiger partial charge in [0.05, 0.1) is 18.0 Å². The van der Waals surface area contributed by atoms with Gasteiger partial charge in [-0.3, -0.25) is 9.59 Å². The van der Waals surface area contributed by atoms with Gasteiger partial charge < -0.3 is 14.9 Å². The van der Waals surface area contributed by atoms with Crippen molar-refractivity contribution in [2.75, 3.05) is 0 Å². The Morgan fingerprint density at radius 3 is 2.45 bits per heavy atom. The highest BCUT2D eigenvalue weighted by Crippen LogP contribution is 2.21. The summed E-state index contributed by atoms with van der Waals surface area (Å²) in [5.74, 6) is -2.60.